The Labute approximate surface area is 155 Å². The number of thiophene rings is 1. The number of rotatable bonds is 4. The molecule has 0 fully saturated rings. The molecule has 26 heavy (non-hydrogen) atoms. The van der Waals surface area contributed by atoms with Gasteiger partial charge in [0, 0.05) is 17.4 Å². The summed E-state index contributed by atoms with van der Waals surface area (Å²) in [5.74, 6) is -0.546. The van der Waals surface area contributed by atoms with E-state index in [0.717, 1.165) is 11.1 Å². The maximum Gasteiger partial charge on any atom is 0.323 e. The zero-order valence-corrected chi connectivity index (χ0v) is 16.2. The van der Waals surface area contributed by atoms with Crippen molar-refractivity contribution in [3.63, 3.8) is 0 Å². The Morgan fingerprint density at radius 2 is 1.88 bits per heavy atom. The molecule has 0 aliphatic carbocycles. The van der Waals surface area contributed by atoms with Crippen molar-refractivity contribution in [3.8, 4) is 11.1 Å². The average molecular weight is 370 g/mol. The van der Waals surface area contributed by atoms with Crippen LogP contribution in [0.15, 0.2) is 34.4 Å². The van der Waals surface area contributed by atoms with Crippen LogP contribution >= 0.6 is 11.3 Å². The van der Waals surface area contributed by atoms with Crippen molar-refractivity contribution >= 4 is 27.5 Å². The fourth-order valence-corrected chi connectivity index (χ4v) is 3.95. The molecule has 2 aromatic heterocycles. The summed E-state index contributed by atoms with van der Waals surface area (Å²) in [5.41, 5.74) is 2.74. The molecular formula is C20H22N2O3S. The first kappa shape index (κ1) is 18.3. The van der Waals surface area contributed by atoms with E-state index >= 15 is 0 Å². The molecule has 2 heterocycles. The highest BCUT2D eigenvalue weighted by molar-refractivity contribution is 7.17. The first-order chi connectivity index (χ1) is 12.2. The van der Waals surface area contributed by atoms with Gasteiger partial charge in [0.1, 0.15) is 17.2 Å². The highest BCUT2D eigenvalue weighted by atomic mass is 32.1. The van der Waals surface area contributed by atoms with Gasteiger partial charge in [-0.15, -0.1) is 11.3 Å². The Morgan fingerprint density at radius 3 is 2.42 bits per heavy atom. The molecule has 1 aromatic carbocycles. The summed E-state index contributed by atoms with van der Waals surface area (Å²) in [7, 11) is 0. The molecule has 3 aromatic rings. The fourth-order valence-electron chi connectivity index (χ4n) is 3.00. The van der Waals surface area contributed by atoms with E-state index in [1.54, 1.807) is 0 Å². The summed E-state index contributed by atoms with van der Waals surface area (Å²) in [6, 6.07) is 8.17. The minimum atomic E-state index is -1.05. The minimum absolute atomic E-state index is 0.0566. The van der Waals surface area contributed by atoms with E-state index in [1.165, 1.54) is 21.5 Å². The maximum atomic E-state index is 13.0. The number of carboxylic acid groups (broad SMARTS) is 1. The number of aliphatic carboxylic acids is 1. The largest absolute Gasteiger partial charge is 0.480 e. The lowest BCUT2D eigenvalue weighted by atomic mass is 9.86. The number of hydrogen-bond donors (Lipinski definition) is 1. The van der Waals surface area contributed by atoms with Gasteiger partial charge in [-0.05, 0) is 16.5 Å². The van der Waals surface area contributed by atoms with E-state index in [0.29, 0.717) is 22.5 Å². The molecule has 0 atom stereocenters. The standard InChI is InChI=1S/C20H22N2O3S/c1-5-15-21-18-17(19(25)22(15)10-16(23)24)14(11-26-18)12-6-8-13(9-7-12)20(2,3)4/h6-9,11H,5,10H2,1-4H3,(H,23,24). The third kappa shape index (κ3) is 3.29. The van der Waals surface area contributed by atoms with Crippen LogP contribution in [0.4, 0.5) is 0 Å². The van der Waals surface area contributed by atoms with Gasteiger partial charge in [0.25, 0.3) is 5.56 Å². The third-order valence-corrected chi connectivity index (χ3v) is 5.32. The van der Waals surface area contributed by atoms with E-state index in [4.69, 9.17) is 5.11 Å². The third-order valence-electron chi connectivity index (χ3n) is 4.44. The van der Waals surface area contributed by atoms with Gasteiger partial charge in [-0.2, -0.15) is 0 Å². The highest BCUT2D eigenvalue weighted by Crippen LogP contribution is 2.32. The predicted molar refractivity (Wildman–Crippen MR) is 105 cm³/mol. The molecule has 0 saturated heterocycles. The van der Waals surface area contributed by atoms with Crippen LogP contribution in [0.25, 0.3) is 21.3 Å². The Morgan fingerprint density at radius 1 is 1.23 bits per heavy atom. The molecule has 0 unspecified atom stereocenters. The quantitative estimate of drug-likeness (QED) is 0.751. The number of hydrogen-bond acceptors (Lipinski definition) is 4. The van der Waals surface area contributed by atoms with Crippen LogP contribution in [-0.2, 0) is 23.2 Å². The van der Waals surface area contributed by atoms with Gasteiger partial charge >= 0.3 is 5.97 Å². The van der Waals surface area contributed by atoms with Crippen molar-refractivity contribution in [3.05, 3.63) is 51.4 Å². The van der Waals surface area contributed by atoms with Gasteiger partial charge < -0.3 is 5.11 Å². The molecule has 0 aliphatic heterocycles. The topological polar surface area (TPSA) is 72.2 Å². The molecule has 5 nitrogen and oxygen atoms in total. The van der Waals surface area contributed by atoms with Gasteiger partial charge in [0.05, 0.1) is 5.39 Å². The van der Waals surface area contributed by atoms with Crippen molar-refractivity contribution in [2.24, 2.45) is 0 Å². The second-order valence-electron chi connectivity index (χ2n) is 7.32. The minimum Gasteiger partial charge on any atom is -0.480 e. The average Bonchev–Trinajstić information content (AvgIpc) is 3.00. The highest BCUT2D eigenvalue weighted by Gasteiger charge is 2.18. The van der Waals surface area contributed by atoms with Crippen LogP contribution in [-0.4, -0.2) is 20.6 Å². The maximum absolute atomic E-state index is 13.0. The van der Waals surface area contributed by atoms with E-state index < -0.39 is 5.97 Å². The molecule has 0 bridgehead atoms. The molecule has 1 N–H and O–H groups in total. The number of aromatic nitrogens is 2. The molecule has 0 saturated carbocycles. The van der Waals surface area contributed by atoms with Crippen LogP contribution in [0.5, 0.6) is 0 Å². The Kier molecular flexibility index (Phi) is 4.71. The first-order valence-electron chi connectivity index (χ1n) is 8.56. The second kappa shape index (κ2) is 6.68. The van der Waals surface area contributed by atoms with Crippen LogP contribution in [0.1, 0.15) is 39.1 Å². The Balaban J connectivity index is 2.19. The first-order valence-corrected chi connectivity index (χ1v) is 9.44. The molecule has 0 radical (unpaired) electrons. The monoisotopic (exact) mass is 370 g/mol. The van der Waals surface area contributed by atoms with Crippen molar-refractivity contribution < 1.29 is 9.90 Å². The fraction of sp³-hybridized carbons (Fsp3) is 0.350. The van der Waals surface area contributed by atoms with Gasteiger partial charge in [-0.3, -0.25) is 14.2 Å². The number of carboxylic acids is 1. The summed E-state index contributed by atoms with van der Waals surface area (Å²) in [6.45, 7) is 7.96. The number of aryl methyl sites for hydroxylation is 1. The molecule has 0 aliphatic rings. The van der Waals surface area contributed by atoms with E-state index in [9.17, 15) is 9.59 Å². The number of fused-ring (bicyclic) bond motifs is 1. The Bertz CT molecular complexity index is 1020. The molecule has 6 heteroatoms. The van der Waals surface area contributed by atoms with Crippen molar-refractivity contribution in [2.75, 3.05) is 0 Å². The van der Waals surface area contributed by atoms with E-state index in [-0.39, 0.29) is 17.5 Å². The molecular weight excluding hydrogens is 348 g/mol. The Hall–Kier alpha value is -2.47. The van der Waals surface area contributed by atoms with Gasteiger partial charge in [-0.25, -0.2) is 4.98 Å². The zero-order valence-electron chi connectivity index (χ0n) is 15.4. The molecule has 0 spiro atoms. The lowest BCUT2D eigenvalue weighted by Gasteiger charge is -2.19. The summed E-state index contributed by atoms with van der Waals surface area (Å²) < 4.78 is 1.27. The predicted octanol–water partition coefficient (Wildman–Crippen LogP) is 4.07. The molecule has 136 valence electrons. The lowest BCUT2D eigenvalue weighted by Crippen LogP contribution is -2.28. The number of benzene rings is 1. The smallest absolute Gasteiger partial charge is 0.323 e. The van der Waals surface area contributed by atoms with Crippen LogP contribution in [0.2, 0.25) is 0 Å². The van der Waals surface area contributed by atoms with Gasteiger partial charge in [0.15, 0.2) is 0 Å². The van der Waals surface area contributed by atoms with E-state index in [1.807, 2.05) is 24.4 Å². The SMILES string of the molecule is CCc1nc2scc(-c3ccc(C(C)(C)C)cc3)c2c(=O)n1CC(=O)O. The molecule has 0 amide bonds. The summed E-state index contributed by atoms with van der Waals surface area (Å²) in [6.07, 6.45) is 0.506. The van der Waals surface area contributed by atoms with Crippen molar-refractivity contribution in [2.45, 2.75) is 46.1 Å². The lowest BCUT2D eigenvalue weighted by molar-refractivity contribution is -0.137. The number of carbonyl (C=O) groups is 1. The number of nitrogens with zero attached hydrogens (tertiary/aromatic N) is 2. The summed E-state index contributed by atoms with van der Waals surface area (Å²) >= 11 is 1.42. The van der Waals surface area contributed by atoms with Gasteiger partial charge in [-0.1, -0.05) is 52.0 Å². The molecule has 3 rings (SSSR count). The zero-order chi connectivity index (χ0) is 19.1. The summed E-state index contributed by atoms with van der Waals surface area (Å²) in [4.78, 5) is 29.3. The van der Waals surface area contributed by atoms with Crippen molar-refractivity contribution in [1.82, 2.24) is 9.55 Å². The summed E-state index contributed by atoms with van der Waals surface area (Å²) in [5, 5.41) is 11.6. The van der Waals surface area contributed by atoms with Gasteiger partial charge in [0.2, 0.25) is 0 Å². The van der Waals surface area contributed by atoms with Crippen LogP contribution in [0, 0.1) is 0 Å². The second-order valence-corrected chi connectivity index (χ2v) is 8.18. The van der Waals surface area contributed by atoms with Crippen LogP contribution in [0.3, 0.4) is 0 Å². The van der Waals surface area contributed by atoms with Crippen LogP contribution < -0.4 is 5.56 Å². The van der Waals surface area contributed by atoms with E-state index in [2.05, 4.69) is 37.9 Å². The van der Waals surface area contributed by atoms with Crippen molar-refractivity contribution in [1.29, 1.82) is 0 Å². The normalized spacial score (nSPS) is 11.8.